The second-order valence-electron chi connectivity index (χ2n) is 12.3. The lowest BCUT2D eigenvalue weighted by Crippen LogP contribution is -2.54. The largest absolute Gasteiger partial charge is 0.393 e. The maximum atomic E-state index is 10.9. The third-order valence-corrected chi connectivity index (χ3v) is 10.9. The van der Waals surface area contributed by atoms with E-state index in [0.717, 1.165) is 61.1 Å². The average Bonchev–Trinajstić information content (AvgIpc) is 3.05. The first-order valence-electron chi connectivity index (χ1n) is 12.9. The molecule has 0 aromatic rings. The van der Waals surface area contributed by atoms with Crippen LogP contribution in [0.15, 0.2) is 0 Å². The van der Waals surface area contributed by atoms with Crippen molar-refractivity contribution >= 4 is 6.29 Å². The van der Waals surface area contributed by atoms with Gasteiger partial charge in [0.15, 0.2) is 0 Å². The van der Waals surface area contributed by atoms with Gasteiger partial charge >= 0.3 is 0 Å². The Kier molecular flexibility index (Phi) is 6.24. The zero-order chi connectivity index (χ0) is 20.8. The lowest BCUT2D eigenvalue weighted by molar-refractivity contribution is -0.129. The SMILES string of the molecule is CC(C=O)CCC[C@@H](C)[C@H]1CC[C@H]2[C@@H]3CCC4CC(O)CC[C@]4(C)[C@H]3CC[C@]12C. The molecule has 4 aliphatic carbocycles. The number of aliphatic hydroxyl groups is 1. The molecule has 0 radical (unpaired) electrons. The zero-order valence-corrected chi connectivity index (χ0v) is 19.5. The van der Waals surface area contributed by atoms with E-state index in [2.05, 4.69) is 27.7 Å². The van der Waals surface area contributed by atoms with Crippen LogP contribution >= 0.6 is 0 Å². The van der Waals surface area contributed by atoms with Gasteiger partial charge in [-0.3, -0.25) is 0 Å². The molecule has 0 bridgehead atoms. The number of aliphatic hydroxyl groups excluding tert-OH is 1. The quantitative estimate of drug-likeness (QED) is 0.505. The molecule has 29 heavy (non-hydrogen) atoms. The van der Waals surface area contributed by atoms with Gasteiger partial charge in [0.05, 0.1) is 6.10 Å². The number of hydrogen-bond donors (Lipinski definition) is 1. The second-order valence-corrected chi connectivity index (χ2v) is 12.3. The number of fused-ring (bicyclic) bond motifs is 5. The van der Waals surface area contributed by atoms with E-state index in [9.17, 15) is 9.90 Å². The van der Waals surface area contributed by atoms with Gasteiger partial charge in [0.25, 0.3) is 0 Å². The van der Waals surface area contributed by atoms with E-state index in [4.69, 9.17) is 0 Å². The molecule has 4 aliphatic rings. The fourth-order valence-corrected chi connectivity index (χ4v) is 9.24. The van der Waals surface area contributed by atoms with Gasteiger partial charge in [0.2, 0.25) is 0 Å². The van der Waals surface area contributed by atoms with E-state index in [0.29, 0.717) is 10.8 Å². The van der Waals surface area contributed by atoms with Crippen LogP contribution in [-0.2, 0) is 4.79 Å². The molecule has 10 atom stereocenters. The number of carbonyl (C=O) groups excluding carboxylic acids is 1. The molecular weight excluding hydrogens is 356 g/mol. The summed E-state index contributed by atoms with van der Waals surface area (Å²) in [5.74, 6) is 5.48. The van der Waals surface area contributed by atoms with Crippen molar-refractivity contribution in [2.75, 3.05) is 0 Å². The van der Waals surface area contributed by atoms with Gasteiger partial charge in [-0.1, -0.05) is 40.5 Å². The maximum Gasteiger partial charge on any atom is 0.122 e. The van der Waals surface area contributed by atoms with Gasteiger partial charge in [-0.25, -0.2) is 0 Å². The molecule has 166 valence electrons. The minimum absolute atomic E-state index is 0.0304. The third-order valence-electron chi connectivity index (χ3n) is 10.9. The van der Waals surface area contributed by atoms with E-state index in [1.54, 1.807) is 0 Å². The summed E-state index contributed by atoms with van der Waals surface area (Å²) >= 11 is 0. The van der Waals surface area contributed by atoms with Gasteiger partial charge in [0, 0.05) is 5.92 Å². The molecule has 2 nitrogen and oxygen atoms in total. The molecule has 4 saturated carbocycles. The molecule has 1 N–H and O–H groups in total. The van der Waals surface area contributed by atoms with Crippen LogP contribution in [0.1, 0.15) is 105 Å². The molecule has 0 aliphatic heterocycles. The smallest absolute Gasteiger partial charge is 0.122 e. The van der Waals surface area contributed by atoms with Crippen LogP contribution in [0.25, 0.3) is 0 Å². The van der Waals surface area contributed by atoms with Crippen LogP contribution < -0.4 is 0 Å². The highest BCUT2D eigenvalue weighted by molar-refractivity contribution is 5.52. The fourth-order valence-electron chi connectivity index (χ4n) is 9.24. The summed E-state index contributed by atoms with van der Waals surface area (Å²) < 4.78 is 0. The van der Waals surface area contributed by atoms with Gasteiger partial charge in [0.1, 0.15) is 6.29 Å². The van der Waals surface area contributed by atoms with Crippen molar-refractivity contribution < 1.29 is 9.90 Å². The van der Waals surface area contributed by atoms with Crippen molar-refractivity contribution in [3.05, 3.63) is 0 Å². The van der Waals surface area contributed by atoms with E-state index in [1.165, 1.54) is 57.8 Å². The Labute approximate surface area is 179 Å². The van der Waals surface area contributed by atoms with Gasteiger partial charge < -0.3 is 9.90 Å². The highest BCUT2D eigenvalue weighted by atomic mass is 16.3. The normalized spacial score (nSPS) is 48.9. The summed E-state index contributed by atoms with van der Waals surface area (Å²) in [6.07, 6.45) is 16.6. The Morgan fingerprint density at radius 1 is 0.931 bits per heavy atom. The molecule has 4 rings (SSSR count). The standard InChI is InChI=1S/C27H46O2/c1-18(17-28)6-5-7-19(2)23-10-11-24-22-9-8-20-16-21(29)12-14-26(20,3)25(22)13-15-27(23,24)4/h17-25,29H,5-16H2,1-4H3/t18?,19-,20?,21?,22+,23-,24+,25+,26+,27-/m1/s1. The molecule has 0 heterocycles. The Balaban J connectivity index is 1.44. The van der Waals surface area contributed by atoms with Crippen LogP contribution in [0.3, 0.4) is 0 Å². The van der Waals surface area contributed by atoms with Crippen molar-refractivity contribution in [2.45, 2.75) is 111 Å². The number of aldehydes is 1. The van der Waals surface area contributed by atoms with Crippen molar-refractivity contribution in [1.82, 2.24) is 0 Å². The van der Waals surface area contributed by atoms with Crippen molar-refractivity contribution in [1.29, 1.82) is 0 Å². The molecule has 0 aromatic heterocycles. The van der Waals surface area contributed by atoms with Crippen LogP contribution in [0.2, 0.25) is 0 Å². The Morgan fingerprint density at radius 3 is 2.41 bits per heavy atom. The minimum atomic E-state index is -0.0304. The molecule has 0 aromatic carbocycles. The summed E-state index contributed by atoms with van der Waals surface area (Å²) in [4.78, 5) is 10.9. The summed E-state index contributed by atoms with van der Waals surface area (Å²) in [6.45, 7) is 9.84. The monoisotopic (exact) mass is 402 g/mol. The molecule has 0 saturated heterocycles. The van der Waals surface area contributed by atoms with E-state index in [1.807, 2.05) is 0 Å². The van der Waals surface area contributed by atoms with E-state index >= 15 is 0 Å². The number of hydrogen-bond acceptors (Lipinski definition) is 2. The van der Waals surface area contributed by atoms with Gasteiger partial charge in [-0.2, -0.15) is 0 Å². The molecule has 0 spiro atoms. The Hall–Kier alpha value is -0.370. The zero-order valence-electron chi connectivity index (χ0n) is 19.5. The highest BCUT2D eigenvalue weighted by Crippen LogP contribution is 2.68. The summed E-state index contributed by atoms with van der Waals surface area (Å²) in [6, 6.07) is 0. The van der Waals surface area contributed by atoms with Crippen LogP contribution in [0.5, 0.6) is 0 Å². The van der Waals surface area contributed by atoms with Crippen molar-refractivity contribution in [2.24, 2.45) is 52.3 Å². The van der Waals surface area contributed by atoms with Crippen molar-refractivity contribution in [3.8, 4) is 0 Å². The summed E-state index contributed by atoms with van der Waals surface area (Å²) in [5, 5.41) is 10.2. The molecule has 4 fully saturated rings. The van der Waals surface area contributed by atoms with E-state index in [-0.39, 0.29) is 12.0 Å². The third kappa shape index (κ3) is 3.74. The fraction of sp³-hybridized carbons (Fsp3) is 0.963. The van der Waals surface area contributed by atoms with Crippen LogP contribution in [-0.4, -0.2) is 17.5 Å². The molecular formula is C27H46O2. The first-order valence-corrected chi connectivity index (χ1v) is 12.9. The lowest BCUT2D eigenvalue weighted by Gasteiger charge is -2.61. The number of carbonyl (C=O) groups is 1. The highest BCUT2D eigenvalue weighted by Gasteiger charge is 2.60. The topological polar surface area (TPSA) is 37.3 Å². The molecule has 2 heteroatoms. The first kappa shape index (κ1) is 21.8. The predicted molar refractivity (Wildman–Crippen MR) is 119 cm³/mol. The lowest BCUT2D eigenvalue weighted by atomic mass is 9.44. The Morgan fingerprint density at radius 2 is 1.66 bits per heavy atom. The average molecular weight is 403 g/mol. The summed E-state index contributed by atoms with van der Waals surface area (Å²) in [7, 11) is 0. The van der Waals surface area contributed by atoms with Gasteiger partial charge in [-0.15, -0.1) is 0 Å². The molecule has 0 amide bonds. The first-order chi connectivity index (χ1) is 13.8. The van der Waals surface area contributed by atoms with Crippen LogP contribution in [0, 0.1) is 52.3 Å². The molecule has 3 unspecified atom stereocenters. The van der Waals surface area contributed by atoms with Crippen molar-refractivity contribution in [3.63, 3.8) is 0 Å². The van der Waals surface area contributed by atoms with Gasteiger partial charge in [-0.05, 0) is 111 Å². The van der Waals surface area contributed by atoms with Crippen LogP contribution in [0.4, 0.5) is 0 Å². The van der Waals surface area contributed by atoms with E-state index < -0.39 is 0 Å². The second kappa shape index (κ2) is 8.29. The number of rotatable bonds is 6. The summed E-state index contributed by atoms with van der Waals surface area (Å²) in [5.41, 5.74) is 1.05. The Bertz CT molecular complexity index is 587. The maximum absolute atomic E-state index is 10.9. The minimum Gasteiger partial charge on any atom is -0.393 e. The predicted octanol–water partition coefficient (Wildman–Crippen LogP) is 6.65.